The molecule has 0 atom stereocenters. The number of aromatic nitrogens is 3. The average Bonchev–Trinajstić information content (AvgIpc) is 2.67. The van der Waals surface area contributed by atoms with Crippen molar-refractivity contribution in [1.82, 2.24) is 15.0 Å². The Morgan fingerprint density at radius 1 is 0.750 bits per heavy atom. The Labute approximate surface area is 193 Å². The Morgan fingerprint density at radius 3 is 1.47 bits per heavy atom. The maximum atomic E-state index is 11.5. The Balaban J connectivity index is 1.96. The summed E-state index contributed by atoms with van der Waals surface area (Å²) in [5.41, 5.74) is 1.37. The number of rotatable bonds is 6. The molecule has 4 N–H and O–H groups in total. The molecule has 15 heteroatoms. The summed E-state index contributed by atoms with van der Waals surface area (Å²) in [7, 11) is -9.01. The predicted molar refractivity (Wildman–Crippen MR) is 118 cm³/mol. The fourth-order valence-corrected chi connectivity index (χ4v) is 4.16. The van der Waals surface area contributed by atoms with Gasteiger partial charge < -0.3 is 10.6 Å². The molecule has 0 spiro atoms. The maximum absolute atomic E-state index is 11.5. The topological polar surface area (TPSA) is 171 Å². The normalized spacial score (nSPS) is 11.9. The SMILES string of the molecule is Cc1c(Cl)cc(S(=O)(=O)O)cc1Nc1ncnc(Nc2cc(S(=O)(=O)O)cc(Cl)c2C)n1. The van der Waals surface area contributed by atoms with Crippen molar-refractivity contribution in [1.29, 1.82) is 0 Å². The van der Waals surface area contributed by atoms with Crippen LogP contribution in [0.3, 0.4) is 0 Å². The highest BCUT2D eigenvalue weighted by molar-refractivity contribution is 7.86. The van der Waals surface area contributed by atoms with E-state index in [1.54, 1.807) is 13.8 Å². The van der Waals surface area contributed by atoms with Crippen molar-refractivity contribution in [2.24, 2.45) is 0 Å². The van der Waals surface area contributed by atoms with E-state index in [0.29, 0.717) is 11.1 Å². The van der Waals surface area contributed by atoms with E-state index in [1.165, 1.54) is 0 Å². The van der Waals surface area contributed by atoms with E-state index in [4.69, 9.17) is 23.2 Å². The van der Waals surface area contributed by atoms with Crippen molar-refractivity contribution in [2.75, 3.05) is 10.6 Å². The summed E-state index contributed by atoms with van der Waals surface area (Å²) in [6, 6.07) is 4.53. The lowest BCUT2D eigenvalue weighted by molar-refractivity contribution is 0.481. The van der Waals surface area contributed by atoms with Gasteiger partial charge in [0.15, 0.2) is 0 Å². The van der Waals surface area contributed by atoms with Crippen molar-refractivity contribution in [2.45, 2.75) is 23.6 Å². The molecule has 3 rings (SSSR count). The monoisotopic (exact) mass is 519 g/mol. The molecule has 1 aromatic heterocycles. The summed E-state index contributed by atoms with van der Waals surface area (Å²) < 4.78 is 64.4. The van der Waals surface area contributed by atoms with Crippen LogP contribution in [0.5, 0.6) is 0 Å². The summed E-state index contributed by atoms with van der Waals surface area (Å²) in [5.74, 6) is -0.0207. The van der Waals surface area contributed by atoms with Gasteiger partial charge in [-0.3, -0.25) is 9.11 Å². The number of halogens is 2. The molecular formula is C17H15Cl2N5O6S2. The van der Waals surface area contributed by atoms with Crippen LogP contribution in [0.25, 0.3) is 0 Å². The number of hydrogen-bond donors (Lipinski definition) is 4. The van der Waals surface area contributed by atoms with Gasteiger partial charge in [-0.2, -0.15) is 21.8 Å². The third-order valence-electron chi connectivity index (χ3n) is 4.30. The first-order chi connectivity index (χ1) is 14.8. The highest BCUT2D eigenvalue weighted by Crippen LogP contribution is 2.31. The van der Waals surface area contributed by atoms with Gasteiger partial charge in [0.1, 0.15) is 6.33 Å². The molecule has 32 heavy (non-hydrogen) atoms. The number of nitrogens with one attached hydrogen (secondary N) is 2. The highest BCUT2D eigenvalue weighted by atomic mass is 35.5. The lowest BCUT2D eigenvalue weighted by Crippen LogP contribution is -2.07. The van der Waals surface area contributed by atoms with E-state index in [0.717, 1.165) is 30.6 Å². The third kappa shape index (κ3) is 5.43. The van der Waals surface area contributed by atoms with Crippen LogP contribution >= 0.6 is 23.2 Å². The van der Waals surface area contributed by atoms with Crippen molar-refractivity contribution in [3.8, 4) is 0 Å². The lowest BCUT2D eigenvalue weighted by atomic mass is 10.2. The standard InChI is InChI=1S/C17H15Cl2N5O6S2/c1-8-12(18)3-10(31(25,26)27)5-14(8)22-16-20-7-21-17(24-16)23-15-6-11(32(28,29)30)4-13(19)9(15)2/h3-7H,1-2H3,(H,25,26,27)(H,28,29,30)(H2,20,21,22,23,24). The summed E-state index contributed by atoms with van der Waals surface area (Å²) in [6.45, 7) is 3.23. The molecule has 0 unspecified atom stereocenters. The summed E-state index contributed by atoms with van der Waals surface area (Å²) in [5, 5.41) is 5.75. The zero-order chi connectivity index (χ0) is 23.8. The average molecular weight is 520 g/mol. The van der Waals surface area contributed by atoms with Crippen LogP contribution in [0.15, 0.2) is 40.4 Å². The lowest BCUT2D eigenvalue weighted by Gasteiger charge is -2.13. The molecule has 0 bridgehead atoms. The second-order valence-corrected chi connectivity index (χ2v) is 10.1. The van der Waals surface area contributed by atoms with E-state index in [9.17, 15) is 25.9 Å². The Kier molecular flexibility index (Phi) is 6.60. The van der Waals surface area contributed by atoms with Gasteiger partial charge >= 0.3 is 0 Å². The van der Waals surface area contributed by atoms with Crippen molar-refractivity contribution in [3.05, 3.63) is 51.8 Å². The minimum absolute atomic E-state index is 0.0103. The van der Waals surface area contributed by atoms with E-state index in [-0.39, 0.29) is 33.3 Å². The van der Waals surface area contributed by atoms with Crippen LogP contribution in [0, 0.1) is 13.8 Å². The van der Waals surface area contributed by atoms with E-state index in [1.807, 2.05) is 0 Å². The zero-order valence-electron chi connectivity index (χ0n) is 16.3. The molecule has 0 amide bonds. The third-order valence-corrected chi connectivity index (χ3v) is 6.74. The molecule has 170 valence electrons. The fourth-order valence-electron chi connectivity index (χ4n) is 2.52. The Morgan fingerprint density at radius 2 is 1.12 bits per heavy atom. The summed E-state index contributed by atoms with van der Waals surface area (Å²) in [6.07, 6.45) is 1.14. The smallest absolute Gasteiger partial charge is 0.294 e. The van der Waals surface area contributed by atoms with Gasteiger partial charge in [-0.25, -0.2) is 9.97 Å². The van der Waals surface area contributed by atoms with Gasteiger partial charge in [-0.1, -0.05) is 23.2 Å². The quantitative estimate of drug-likeness (QED) is 0.349. The van der Waals surface area contributed by atoms with Crippen molar-refractivity contribution < 1.29 is 25.9 Å². The molecule has 0 radical (unpaired) electrons. The van der Waals surface area contributed by atoms with Crippen LogP contribution in [-0.4, -0.2) is 40.9 Å². The van der Waals surface area contributed by atoms with Gasteiger partial charge in [0.05, 0.1) is 9.79 Å². The molecule has 0 aliphatic rings. The molecule has 0 fully saturated rings. The molecule has 2 aromatic carbocycles. The van der Waals surface area contributed by atoms with Crippen LogP contribution < -0.4 is 10.6 Å². The van der Waals surface area contributed by atoms with Gasteiger partial charge in [-0.15, -0.1) is 0 Å². The first-order valence-corrected chi connectivity index (χ1v) is 12.2. The Hall–Kier alpha value is -2.55. The van der Waals surface area contributed by atoms with E-state index >= 15 is 0 Å². The van der Waals surface area contributed by atoms with Crippen molar-refractivity contribution in [3.63, 3.8) is 0 Å². The molecular weight excluding hydrogens is 505 g/mol. The Bertz CT molecular complexity index is 1330. The van der Waals surface area contributed by atoms with Gasteiger partial charge in [0, 0.05) is 21.4 Å². The second kappa shape index (κ2) is 8.77. The van der Waals surface area contributed by atoms with Gasteiger partial charge in [-0.05, 0) is 49.2 Å². The van der Waals surface area contributed by atoms with Gasteiger partial charge in [0.25, 0.3) is 20.2 Å². The largest absolute Gasteiger partial charge is 0.324 e. The van der Waals surface area contributed by atoms with Crippen LogP contribution in [0.4, 0.5) is 23.3 Å². The molecule has 0 saturated carbocycles. The number of hydrogen-bond acceptors (Lipinski definition) is 9. The van der Waals surface area contributed by atoms with Gasteiger partial charge in [0.2, 0.25) is 11.9 Å². The molecule has 1 heterocycles. The van der Waals surface area contributed by atoms with Crippen LogP contribution in [0.2, 0.25) is 10.0 Å². The zero-order valence-corrected chi connectivity index (χ0v) is 19.5. The first-order valence-electron chi connectivity index (χ1n) is 8.54. The maximum Gasteiger partial charge on any atom is 0.294 e. The first kappa shape index (κ1) is 24.1. The minimum atomic E-state index is -4.50. The molecule has 0 aliphatic carbocycles. The summed E-state index contributed by atoms with van der Waals surface area (Å²) in [4.78, 5) is 11.2. The van der Waals surface area contributed by atoms with Crippen LogP contribution in [0.1, 0.15) is 11.1 Å². The second-order valence-electron chi connectivity index (χ2n) is 6.49. The predicted octanol–water partition coefficient (Wildman–Crippen LogP) is 3.78. The van der Waals surface area contributed by atoms with Crippen LogP contribution in [-0.2, 0) is 20.2 Å². The molecule has 0 aliphatic heterocycles. The highest BCUT2D eigenvalue weighted by Gasteiger charge is 2.17. The minimum Gasteiger partial charge on any atom is -0.324 e. The fraction of sp³-hybridized carbons (Fsp3) is 0.118. The number of benzene rings is 2. The summed E-state index contributed by atoms with van der Waals surface area (Å²) >= 11 is 12.1. The number of nitrogens with zero attached hydrogens (tertiary/aromatic N) is 3. The van der Waals surface area contributed by atoms with Crippen molar-refractivity contribution >= 4 is 66.7 Å². The van der Waals surface area contributed by atoms with E-state index in [2.05, 4.69) is 25.6 Å². The molecule has 3 aromatic rings. The molecule has 0 saturated heterocycles. The molecule has 11 nitrogen and oxygen atoms in total. The number of anilines is 4. The van der Waals surface area contributed by atoms with E-state index < -0.39 is 30.0 Å².